The summed E-state index contributed by atoms with van der Waals surface area (Å²) in [5.74, 6) is 0.858. The zero-order valence-corrected chi connectivity index (χ0v) is 11.7. The summed E-state index contributed by atoms with van der Waals surface area (Å²) in [5.41, 5.74) is 9.23. The Balaban J connectivity index is 2.10. The topological polar surface area (TPSA) is 35.2 Å². The van der Waals surface area contributed by atoms with Gasteiger partial charge in [-0.1, -0.05) is 41.4 Å². The van der Waals surface area contributed by atoms with Crippen molar-refractivity contribution < 1.29 is 4.74 Å². The molecule has 1 aliphatic heterocycles. The molecule has 98 valence electrons. The first kappa shape index (κ1) is 12.8. The molecule has 1 atom stereocenters. The fourth-order valence-electron chi connectivity index (χ4n) is 2.42. The van der Waals surface area contributed by atoms with Crippen molar-refractivity contribution in [1.82, 2.24) is 0 Å². The molecule has 0 saturated carbocycles. The molecule has 0 fully saturated rings. The maximum Gasteiger partial charge on any atom is 0.127 e. The summed E-state index contributed by atoms with van der Waals surface area (Å²) in [6, 6.07) is 11.0. The lowest BCUT2D eigenvalue weighted by molar-refractivity contribution is 0.352. The third-order valence-electron chi connectivity index (χ3n) is 3.35. The summed E-state index contributed by atoms with van der Waals surface area (Å²) in [6.07, 6.45) is 0.873. The van der Waals surface area contributed by atoms with Gasteiger partial charge < -0.3 is 10.5 Å². The van der Waals surface area contributed by atoms with Crippen LogP contribution in [0.1, 0.15) is 22.7 Å². The molecule has 3 rings (SSSR count). The largest absolute Gasteiger partial charge is 0.493 e. The van der Waals surface area contributed by atoms with Crippen LogP contribution in [-0.2, 0) is 6.42 Å². The number of hydrogen-bond donors (Lipinski definition) is 1. The molecule has 0 aliphatic carbocycles. The SMILES string of the molecule is NC(c1ccccc1Cl)c1cc(Cl)cc2c1OCC2. The van der Waals surface area contributed by atoms with Crippen molar-refractivity contribution in [2.75, 3.05) is 6.61 Å². The van der Waals surface area contributed by atoms with Gasteiger partial charge in [0.25, 0.3) is 0 Å². The highest BCUT2D eigenvalue weighted by Crippen LogP contribution is 2.38. The Kier molecular flexibility index (Phi) is 3.40. The van der Waals surface area contributed by atoms with Crippen LogP contribution in [0.2, 0.25) is 10.0 Å². The first-order valence-electron chi connectivity index (χ1n) is 6.12. The van der Waals surface area contributed by atoms with Crippen LogP contribution in [0.3, 0.4) is 0 Å². The average molecular weight is 294 g/mol. The van der Waals surface area contributed by atoms with Crippen molar-refractivity contribution in [3.63, 3.8) is 0 Å². The van der Waals surface area contributed by atoms with Crippen LogP contribution < -0.4 is 10.5 Å². The average Bonchev–Trinajstić information content (AvgIpc) is 2.85. The Hall–Kier alpha value is -1.22. The van der Waals surface area contributed by atoms with Gasteiger partial charge in [0.1, 0.15) is 5.75 Å². The predicted molar refractivity (Wildman–Crippen MR) is 78.1 cm³/mol. The Morgan fingerprint density at radius 3 is 2.68 bits per heavy atom. The Morgan fingerprint density at radius 2 is 1.89 bits per heavy atom. The quantitative estimate of drug-likeness (QED) is 0.909. The number of rotatable bonds is 2. The maximum atomic E-state index is 6.34. The normalized spacial score (nSPS) is 14.9. The summed E-state index contributed by atoms with van der Waals surface area (Å²) in [6.45, 7) is 0.678. The summed E-state index contributed by atoms with van der Waals surface area (Å²) in [7, 11) is 0. The van der Waals surface area contributed by atoms with Crippen molar-refractivity contribution >= 4 is 23.2 Å². The molecule has 0 saturated heterocycles. The van der Waals surface area contributed by atoms with Crippen molar-refractivity contribution in [3.8, 4) is 5.75 Å². The molecular formula is C15H13Cl2NO. The molecule has 2 aromatic rings. The molecule has 1 aliphatic rings. The number of halogens is 2. The van der Waals surface area contributed by atoms with Gasteiger partial charge in [-0.3, -0.25) is 0 Å². The summed E-state index contributed by atoms with van der Waals surface area (Å²) in [4.78, 5) is 0. The van der Waals surface area contributed by atoms with E-state index in [9.17, 15) is 0 Å². The van der Waals surface area contributed by atoms with E-state index in [1.165, 1.54) is 0 Å². The Bertz CT molecular complexity index is 628. The zero-order valence-electron chi connectivity index (χ0n) is 10.2. The van der Waals surface area contributed by atoms with Crippen molar-refractivity contribution in [2.45, 2.75) is 12.5 Å². The van der Waals surface area contributed by atoms with Crippen LogP contribution in [0.5, 0.6) is 5.75 Å². The van der Waals surface area contributed by atoms with E-state index in [2.05, 4.69) is 0 Å². The molecule has 19 heavy (non-hydrogen) atoms. The Labute approximate surface area is 122 Å². The van der Waals surface area contributed by atoms with Gasteiger partial charge in [-0.05, 0) is 29.3 Å². The van der Waals surface area contributed by atoms with Gasteiger partial charge >= 0.3 is 0 Å². The van der Waals surface area contributed by atoms with Gasteiger partial charge in [0.05, 0.1) is 12.6 Å². The van der Waals surface area contributed by atoms with Gasteiger partial charge in [0.2, 0.25) is 0 Å². The molecule has 2 N–H and O–H groups in total. The van der Waals surface area contributed by atoms with Crippen LogP contribution in [0.15, 0.2) is 36.4 Å². The second-order valence-corrected chi connectivity index (χ2v) is 5.42. The van der Waals surface area contributed by atoms with Gasteiger partial charge in [0.15, 0.2) is 0 Å². The van der Waals surface area contributed by atoms with E-state index < -0.39 is 0 Å². The van der Waals surface area contributed by atoms with E-state index in [0.29, 0.717) is 16.7 Å². The second-order valence-electron chi connectivity index (χ2n) is 4.58. The molecule has 0 amide bonds. The molecule has 0 radical (unpaired) electrons. The van der Waals surface area contributed by atoms with E-state index in [-0.39, 0.29) is 6.04 Å². The third-order valence-corrected chi connectivity index (χ3v) is 3.91. The molecule has 0 bridgehead atoms. The lowest BCUT2D eigenvalue weighted by Crippen LogP contribution is -2.13. The number of nitrogens with two attached hydrogens (primary N) is 1. The monoisotopic (exact) mass is 293 g/mol. The van der Waals surface area contributed by atoms with Crippen LogP contribution in [0, 0.1) is 0 Å². The van der Waals surface area contributed by atoms with Crippen LogP contribution in [0.25, 0.3) is 0 Å². The van der Waals surface area contributed by atoms with Crippen molar-refractivity contribution in [1.29, 1.82) is 0 Å². The molecule has 0 spiro atoms. The predicted octanol–water partition coefficient (Wildman–Crippen LogP) is 3.98. The second kappa shape index (κ2) is 5.04. The van der Waals surface area contributed by atoms with Gasteiger partial charge in [-0.25, -0.2) is 0 Å². The molecule has 2 nitrogen and oxygen atoms in total. The third kappa shape index (κ3) is 2.32. The lowest BCUT2D eigenvalue weighted by Gasteiger charge is -2.17. The minimum atomic E-state index is -0.334. The summed E-state index contributed by atoms with van der Waals surface area (Å²) >= 11 is 12.4. The fraction of sp³-hybridized carbons (Fsp3) is 0.200. The molecular weight excluding hydrogens is 281 g/mol. The summed E-state index contributed by atoms with van der Waals surface area (Å²) < 4.78 is 5.69. The highest BCUT2D eigenvalue weighted by molar-refractivity contribution is 6.31. The molecule has 1 unspecified atom stereocenters. The van der Waals surface area contributed by atoms with Gasteiger partial charge in [0, 0.05) is 22.0 Å². The van der Waals surface area contributed by atoms with E-state index in [4.69, 9.17) is 33.7 Å². The minimum absolute atomic E-state index is 0.334. The minimum Gasteiger partial charge on any atom is -0.493 e. The zero-order chi connectivity index (χ0) is 13.4. The summed E-state index contributed by atoms with van der Waals surface area (Å²) in [5, 5.41) is 1.34. The number of fused-ring (bicyclic) bond motifs is 1. The first-order valence-corrected chi connectivity index (χ1v) is 6.87. The molecule has 0 aromatic heterocycles. The molecule has 4 heteroatoms. The number of benzene rings is 2. The van der Waals surface area contributed by atoms with Crippen LogP contribution in [0.4, 0.5) is 0 Å². The standard InChI is InChI=1S/C15H13Cl2NO/c16-10-7-9-5-6-19-15(9)12(8-10)14(18)11-3-1-2-4-13(11)17/h1-4,7-8,14H,5-6,18H2. The lowest BCUT2D eigenvalue weighted by atomic mass is 9.96. The van der Waals surface area contributed by atoms with Crippen molar-refractivity contribution in [2.24, 2.45) is 5.73 Å². The highest BCUT2D eigenvalue weighted by atomic mass is 35.5. The highest BCUT2D eigenvalue weighted by Gasteiger charge is 2.23. The molecule has 2 aromatic carbocycles. The number of ether oxygens (including phenoxy) is 1. The van der Waals surface area contributed by atoms with Crippen LogP contribution in [-0.4, -0.2) is 6.61 Å². The van der Waals surface area contributed by atoms with Gasteiger partial charge in [-0.2, -0.15) is 0 Å². The van der Waals surface area contributed by atoms with E-state index >= 15 is 0 Å². The smallest absolute Gasteiger partial charge is 0.127 e. The first-order chi connectivity index (χ1) is 9.16. The fourth-order valence-corrected chi connectivity index (χ4v) is 2.93. The maximum absolute atomic E-state index is 6.34. The molecule has 1 heterocycles. The van der Waals surface area contributed by atoms with Gasteiger partial charge in [-0.15, -0.1) is 0 Å². The Morgan fingerprint density at radius 1 is 1.11 bits per heavy atom. The van der Waals surface area contributed by atoms with E-state index in [0.717, 1.165) is 28.9 Å². The van der Waals surface area contributed by atoms with Crippen LogP contribution >= 0.6 is 23.2 Å². The van der Waals surface area contributed by atoms with Crippen molar-refractivity contribution in [3.05, 3.63) is 63.1 Å². The van der Waals surface area contributed by atoms with E-state index in [1.807, 2.05) is 36.4 Å². The van der Waals surface area contributed by atoms with E-state index in [1.54, 1.807) is 0 Å². The number of hydrogen-bond acceptors (Lipinski definition) is 2.